The molecule has 0 saturated heterocycles. The lowest BCUT2D eigenvalue weighted by atomic mass is 10.0. The van der Waals surface area contributed by atoms with Crippen LogP contribution in [0.2, 0.25) is 0 Å². The smallest absolute Gasteiger partial charge is 0.324 e. The molecular weight excluding hydrogens is 215 g/mol. The Balaban J connectivity index is 3.06. The van der Waals surface area contributed by atoms with Crippen molar-refractivity contribution in [3.05, 3.63) is 35.4 Å². The number of ketones is 1. The lowest BCUT2D eigenvalue weighted by Crippen LogP contribution is -2.18. The van der Waals surface area contributed by atoms with Gasteiger partial charge in [-0.05, 0) is 19.4 Å². The first-order valence-corrected chi connectivity index (χ1v) is 6.17. The molecule has 82 valence electrons. The number of carbonyl (C=O) groups is 1. The molecule has 2 N–H and O–H groups in total. The van der Waals surface area contributed by atoms with E-state index in [9.17, 15) is 9.36 Å². The first kappa shape index (κ1) is 12.1. The van der Waals surface area contributed by atoms with Crippen molar-refractivity contribution >= 4 is 13.4 Å². The summed E-state index contributed by atoms with van der Waals surface area (Å²) >= 11 is 0. The quantitative estimate of drug-likeness (QED) is 0.610. The Morgan fingerprint density at radius 1 is 1.33 bits per heavy atom. The zero-order valence-electron chi connectivity index (χ0n) is 8.54. The van der Waals surface area contributed by atoms with Crippen LogP contribution in [0.1, 0.15) is 22.8 Å². The second-order valence-electron chi connectivity index (χ2n) is 3.44. The van der Waals surface area contributed by atoms with Crippen molar-refractivity contribution in [1.82, 2.24) is 0 Å². The Hall–Kier alpha value is -0.960. The van der Waals surface area contributed by atoms with E-state index in [1.54, 1.807) is 31.2 Å². The summed E-state index contributed by atoms with van der Waals surface area (Å²) in [7, 11) is -4.35. The van der Waals surface area contributed by atoms with E-state index < -0.39 is 19.0 Å². The van der Waals surface area contributed by atoms with Crippen LogP contribution in [0.5, 0.6) is 0 Å². The predicted octanol–water partition coefficient (Wildman–Crippen LogP) is 1.74. The number of hydrogen-bond donors (Lipinski definition) is 2. The Morgan fingerprint density at radius 3 is 2.33 bits per heavy atom. The number of hydrogen-bond acceptors (Lipinski definition) is 2. The molecule has 0 aliphatic rings. The molecule has 0 heterocycles. The molecule has 1 unspecified atom stereocenters. The highest BCUT2D eigenvalue weighted by atomic mass is 31.2. The summed E-state index contributed by atoms with van der Waals surface area (Å²) in [4.78, 5) is 29.5. The van der Waals surface area contributed by atoms with Gasteiger partial charge in [-0.25, -0.2) is 0 Å². The van der Waals surface area contributed by atoms with Gasteiger partial charge in [-0.1, -0.05) is 24.3 Å². The van der Waals surface area contributed by atoms with Crippen molar-refractivity contribution in [2.75, 3.05) is 0 Å². The molecule has 4 nitrogen and oxygen atoms in total. The van der Waals surface area contributed by atoms with Gasteiger partial charge in [0.1, 0.15) is 5.66 Å². The summed E-state index contributed by atoms with van der Waals surface area (Å²) in [6.45, 7) is 2.98. The molecule has 0 radical (unpaired) electrons. The van der Waals surface area contributed by atoms with Crippen molar-refractivity contribution in [3.8, 4) is 0 Å². The highest BCUT2D eigenvalue weighted by molar-refractivity contribution is 7.53. The van der Waals surface area contributed by atoms with E-state index in [2.05, 4.69) is 0 Å². The molecule has 5 heteroatoms. The second-order valence-corrected chi connectivity index (χ2v) is 5.40. The van der Waals surface area contributed by atoms with Gasteiger partial charge in [-0.15, -0.1) is 0 Å². The van der Waals surface area contributed by atoms with Crippen LogP contribution in [0.4, 0.5) is 0 Å². The summed E-state index contributed by atoms with van der Waals surface area (Å²) in [5.41, 5.74) is -0.185. The molecule has 0 aliphatic heterocycles. The summed E-state index contributed by atoms with van der Waals surface area (Å²) in [5.74, 6) is -0.513. The maximum absolute atomic E-state index is 11.7. The van der Waals surface area contributed by atoms with Gasteiger partial charge in [0.15, 0.2) is 5.78 Å². The fourth-order valence-electron chi connectivity index (χ4n) is 1.23. The average molecular weight is 228 g/mol. The Kier molecular flexibility index (Phi) is 3.45. The van der Waals surface area contributed by atoms with Crippen LogP contribution in [-0.2, 0) is 4.57 Å². The fraction of sp³-hybridized carbons (Fsp3) is 0.300. The normalized spacial score (nSPS) is 13.6. The largest absolute Gasteiger partial charge is 0.336 e. The minimum atomic E-state index is -4.35. The van der Waals surface area contributed by atoms with E-state index in [1.807, 2.05) is 0 Å². The van der Waals surface area contributed by atoms with Crippen LogP contribution in [0.15, 0.2) is 24.3 Å². The lowest BCUT2D eigenvalue weighted by Gasteiger charge is -2.13. The van der Waals surface area contributed by atoms with Crippen molar-refractivity contribution < 1.29 is 19.1 Å². The van der Waals surface area contributed by atoms with Gasteiger partial charge in [0.2, 0.25) is 0 Å². The molecule has 15 heavy (non-hydrogen) atoms. The standard InChI is InChI=1S/C10H13O4P/c1-7-5-3-4-6-9(7)10(11)8(2)15(12,13)14/h3-6,8H,1-2H3,(H2,12,13,14). The number of rotatable bonds is 3. The number of Topliss-reactive ketones (excluding diaryl/α,β-unsaturated/α-hetero) is 1. The SMILES string of the molecule is Cc1ccccc1C(=O)C(C)P(=O)(O)O. The maximum atomic E-state index is 11.7. The van der Waals surface area contributed by atoms with Crippen molar-refractivity contribution in [3.63, 3.8) is 0 Å². The molecule has 1 aromatic rings. The van der Waals surface area contributed by atoms with E-state index in [-0.39, 0.29) is 0 Å². The molecule has 0 saturated carbocycles. The van der Waals surface area contributed by atoms with Gasteiger partial charge in [0, 0.05) is 5.56 Å². The van der Waals surface area contributed by atoms with E-state index in [0.29, 0.717) is 5.56 Å². The lowest BCUT2D eigenvalue weighted by molar-refractivity contribution is 0.0983. The molecule has 1 atom stereocenters. The maximum Gasteiger partial charge on any atom is 0.336 e. The van der Waals surface area contributed by atoms with Crippen LogP contribution in [0.3, 0.4) is 0 Å². The zero-order chi connectivity index (χ0) is 11.6. The Labute approximate surface area is 88.1 Å². The van der Waals surface area contributed by atoms with E-state index in [4.69, 9.17) is 9.79 Å². The summed E-state index contributed by atoms with van der Waals surface area (Å²) in [5, 5.41) is 0. The third-order valence-electron chi connectivity index (χ3n) is 2.29. The van der Waals surface area contributed by atoms with Crippen molar-refractivity contribution in [2.45, 2.75) is 19.5 Å². The van der Waals surface area contributed by atoms with Crippen LogP contribution in [0.25, 0.3) is 0 Å². The number of aryl methyl sites for hydroxylation is 1. The van der Waals surface area contributed by atoms with Crippen molar-refractivity contribution in [2.24, 2.45) is 0 Å². The third-order valence-corrected chi connectivity index (χ3v) is 3.54. The van der Waals surface area contributed by atoms with Crippen LogP contribution >= 0.6 is 7.60 Å². The molecular formula is C10H13O4P. The van der Waals surface area contributed by atoms with E-state index in [0.717, 1.165) is 5.56 Å². The summed E-state index contributed by atoms with van der Waals surface area (Å²) in [6.07, 6.45) is 0. The Bertz CT molecular complexity index is 421. The van der Waals surface area contributed by atoms with E-state index >= 15 is 0 Å². The van der Waals surface area contributed by atoms with E-state index in [1.165, 1.54) is 6.92 Å². The monoisotopic (exact) mass is 228 g/mol. The first-order valence-electron chi connectivity index (χ1n) is 4.49. The Morgan fingerprint density at radius 2 is 1.87 bits per heavy atom. The molecule has 1 rings (SSSR count). The molecule has 1 aromatic carbocycles. The predicted molar refractivity (Wildman–Crippen MR) is 57.0 cm³/mol. The second kappa shape index (κ2) is 4.27. The summed E-state index contributed by atoms with van der Waals surface area (Å²) < 4.78 is 10.9. The van der Waals surface area contributed by atoms with Gasteiger partial charge in [-0.2, -0.15) is 0 Å². The highest BCUT2D eigenvalue weighted by Gasteiger charge is 2.31. The number of benzene rings is 1. The zero-order valence-corrected chi connectivity index (χ0v) is 9.44. The van der Waals surface area contributed by atoms with Crippen molar-refractivity contribution in [1.29, 1.82) is 0 Å². The van der Waals surface area contributed by atoms with Gasteiger partial charge >= 0.3 is 7.60 Å². The average Bonchev–Trinajstić information content (AvgIpc) is 2.15. The van der Waals surface area contributed by atoms with Crippen LogP contribution in [-0.4, -0.2) is 21.2 Å². The highest BCUT2D eigenvalue weighted by Crippen LogP contribution is 2.42. The third kappa shape index (κ3) is 2.75. The molecule has 0 aliphatic carbocycles. The molecule has 0 amide bonds. The minimum absolute atomic E-state index is 0.369. The van der Waals surface area contributed by atoms with Gasteiger partial charge in [-0.3, -0.25) is 9.36 Å². The fourth-order valence-corrected chi connectivity index (χ4v) is 1.67. The first-order chi connectivity index (χ1) is 6.84. The molecule has 0 spiro atoms. The van der Waals surface area contributed by atoms with Crippen LogP contribution < -0.4 is 0 Å². The summed E-state index contributed by atoms with van der Waals surface area (Å²) in [6, 6.07) is 6.75. The molecule has 0 fully saturated rings. The molecule has 0 aromatic heterocycles. The van der Waals surface area contributed by atoms with Crippen LogP contribution in [0, 0.1) is 6.92 Å². The van der Waals surface area contributed by atoms with Gasteiger partial charge in [0.05, 0.1) is 0 Å². The van der Waals surface area contributed by atoms with Gasteiger partial charge < -0.3 is 9.79 Å². The number of carbonyl (C=O) groups excluding carboxylic acids is 1. The molecule has 0 bridgehead atoms. The topological polar surface area (TPSA) is 74.6 Å². The minimum Gasteiger partial charge on any atom is -0.324 e. The van der Waals surface area contributed by atoms with Gasteiger partial charge in [0.25, 0.3) is 0 Å².